The highest BCUT2D eigenvalue weighted by Crippen LogP contribution is 2.51. The van der Waals surface area contributed by atoms with Gasteiger partial charge in [0.1, 0.15) is 5.82 Å². The number of Topliss-reactive ketones (excluding diaryl/α,β-unsaturated/α-hetero) is 1. The summed E-state index contributed by atoms with van der Waals surface area (Å²) < 4.78 is 2.10. The Kier molecular flexibility index (Phi) is 5.86. The van der Waals surface area contributed by atoms with Gasteiger partial charge in [0.25, 0.3) is 0 Å². The zero-order chi connectivity index (χ0) is 26.6. The van der Waals surface area contributed by atoms with Crippen LogP contribution in [0.4, 0.5) is 5.69 Å². The molecule has 0 fully saturated rings. The molecule has 4 aromatic rings. The first-order valence-corrected chi connectivity index (χ1v) is 13.6. The number of nitrogens with two attached hydrogens (primary N) is 1. The molecule has 0 saturated heterocycles. The maximum atomic E-state index is 13.8. The molecule has 1 aliphatic carbocycles. The lowest BCUT2D eigenvalue weighted by molar-refractivity contribution is -0.118. The Morgan fingerprint density at radius 1 is 1.21 bits per heavy atom. The molecule has 2 N–H and O–H groups in total. The lowest BCUT2D eigenvalue weighted by Crippen LogP contribution is -2.42. The van der Waals surface area contributed by atoms with Gasteiger partial charge in [-0.25, -0.2) is 9.97 Å². The van der Waals surface area contributed by atoms with Gasteiger partial charge in [-0.05, 0) is 53.1 Å². The van der Waals surface area contributed by atoms with Crippen molar-refractivity contribution in [2.45, 2.75) is 39.2 Å². The van der Waals surface area contributed by atoms with Crippen LogP contribution in [0.5, 0.6) is 0 Å². The molecule has 0 amide bonds. The molecular weight excluding hydrogens is 516 g/mol. The van der Waals surface area contributed by atoms with E-state index in [-0.39, 0.29) is 22.2 Å². The van der Waals surface area contributed by atoms with Gasteiger partial charge in [-0.15, -0.1) is 11.3 Å². The average molecular weight is 541 g/mol. The van der Waals surface area contributed by atoms with E-state index in [2.05, 4.69) is 45.9 Å². The van der Waals surface area contributed by atoms with Crippen molar-refractivity contribution in [3.05, 3.63) is 98.6 Å². The third-order valence-corrected chi connectivity index (χ3v) is 8.54. The number of nitriles is 1. The first-order chi connectivity index (χ1) is 18.3. The number of anilines is 1. The summed E-state index contributed by atoms with van der Waals surface area (Å²) in [4.78, 5) is 25.2. The van der Waals surface area contributed by atoms with Crippen LogP contribution in [-0.2, 0) is 11.3 Å². The number of carbonyl (C=O) groups excluding carboxylic acids is 1. The molecule has 0 radical (unpaired) electrons. The molecule has 38 heavy (non-hydrogen) atoms. The van der Waals surface area contributed by atoms with Crippen LogP contribution in [0, 0.1) is 16.7 Å². The summed E-state index contributed by atoms with van der Waals surface area (Å²) in [6.45, 7) is 4.78. The first-order valence-electron chi connectivity index (χ1n) is 12.3. The molecule has 3 aromatic heterocycles. The molecular formula is C29H25ClN6OS. The zero-order valence-electron chi connectivity index (χ0n) is 21.0. The van der Waals surface area contributed by atoms with E-state index in [4.69, 9.17) is 17.3 Å². The highest BCUT2D eigenvalue weighted by molar-refractivity contribution is 7.10. The molecule has 0 unspecified atom stereocenters. The Hall–Kier alpha value is -3.93. The Labute approximate surface area is 229 Å². The summed E-state index contributed by atoms with van der Waals surface area (Å²) in [5, 5.41) is 12.7. The third kappa shape index (κ3) is 3.99. The number of allylic oxidation sites excluding steroid dienone is 3. The quantitative estimate of drug-likeness (QED) is 0.312. The van der Waals surface area contributed by atoms with Gasteiger partial charge < -0.3 is 10.3 Å². The second-order valence-electron chi connectivity index (χ2n) is 10.5. The van der Waals surface area contributed by atoms with Crippen LogP contribution in [0.2, 0.25) is 5.15 Å². The SMILES string of the molecule is CC1(C)CC(=O)C2=C(C1)N(c1cccnc1Cl)C(N)=C(C#N)[C@@H]2c1cc(Cn2cnc3ccccc32)cs1. The van der Waals surface area contributed by atoms with E-state index in [9.17, 15) is 10.1 Å². The number of halogens is 1. The van der Waals surface area contributed by atoms with E-state index in [0.29, 0.717) is 36.2 Å². The molecule has 7 nitrogen and oxygen atoms in total. The normalized spacial score (nSPS) is 19.2. The van der Waals surface area contributed by atoms with Gasteiger partial charge in [-0.3, -0.25) is 9.69 Å². The van der Waals surface area contributed by atoms with Crippen LogP contribution in [0.1, 0.15) is 43.0 Å². The van der Waals surface area contributed by atoms with Crippen LogP contribution in [0.25, 0.3) is 11.0 Å². The molecule has 1 aromatic carbocycles. The van der Waals surface area contributed by atoms with Crippen LogP contribution < -0.4 is 10.6 Å². The number of pyridine rings is 1. The number of ketones is 1. The Morgan fingerprint density at radius 3 is 2.82 bits per heavy atom. The number of nitrogens with zero attached hydrogens (tertiary/aromatic N) is 5. The summed E-state index contributed by atoms with van der Waals surface area (Å²) in [6, 6.07) is 16.0. The van der Waals surface area contributed by atoms with Crippen LogP contribution >= 0.6 is 22.9 Å². The van der Waals surface area contributed by atoms with Crippen molar-refractivity contribution in [2.75, 3.05) is 4.90 Å². The topological polar surface area (TPSA) is 101 Å². The lowest BCUT2D eigenvalue weighted by atomic mass is 9.69. The van der Waals surface area contributed by atoms with Crippen molar-refractivity contribution in [3.63, 3.8) is 0 Å². The number of carbonyl (C=O) groups is 1. The summed E-state index contributed by atoms with van der Waals surface area (Å²) in [6.07, 6.45) is 4.46. The maximum absolute atomic E-state index is 13.8. The number of imidazole rings is 1. The summed E-state index contributed by atoms with van der Waals surface area (Å²) >= 11 is 8.04. The molecule has 4 heterocycles. The Balaban J connectivity index is 1.47. The fourth-order valence-corrected chi connectivity index (χ4v) is 6.80. The number of hydrogen-bond donors (Lipinski definition) is 1. The van der Waals surface area contributed by atoms with Crippen molar-refractivity contribution >= 4 is 45.4 Å². The molecule has 0 saturated carbocycles. The third-order valence-electron chi connectivity index (χ3n) is 7.20. The highest BCUT2D eigenvalue weighted by Gasteiger charge is 2.45. The fraction of sp³-hybridized carbons (Fsp3) is 0.241. The number of thiophene rings is 1. The molecule has 2 aliphatic rings. The van der Waals surface area contributed by atoms with Crippen LogP contribution in [0.3, 0.4) is 0 Å². The smallest absolute Gasteiger partial charge is 0.162 e. The predicted molar refractivity (Wildman–Crippen MR) is 149 cm³/mol. The average Bonchev–Trinajstić information content (AvgIpc) is 3.51. The van der Waals surface area contributed by atoms with Gasteiger partial charge in [0.2, 0.25) is 0 Å². The number of para-hydroxylation sites is 2. The monoisotopic (exact) mass is 540 g/mol. The van der Waals surface area contributed by atoms with E-state index in [0.717, 1.165) is 27.2 Å². The predicted octanol–water partition coefficient (Wildman–Crippen LogP) is 6.14. The van der Waals surface area contributed by atoms with Gasteiger partial charge in [-0.2, -0.15) is 5.26 Å². The molecule has 9 heteroatoms. The number of hydrogen-bond acceptors (Lipinski definition) is 7. The minimum atomic E-state index is -0.524. The van der Waals surface area contributed by atoms with Crippen LogP contribution in [-0.4, -0.2) is 20.3 Å². The molecule has 6 rings (SSSR count). The Bertz CT molecular complexity index is 1700. The summed E-state index contributed by atoms with van der Waals surface area (Å²) in [7, 11) is 0. The number of aromatic nitrogens is 3. The van der Waals surface area contributed by atoms with Gasteiger partial charge in [0, 0.05) is 35.3 Å². The van der Waals surface area contributed by atoms with Crippen molar-refractivity contribution < 1.29 is 4.79 Å². The Morgan fingerprint density at radius 2 is 2.03 bits per heavy atom. The van der Waals surface area contributed by atoms with Crippen molar-refractivity contribution in [3.8, 4) is 6.07 Å². The van der Waals surface area contributed by atoms with Gasteiger partial charge >= 0.3 is 0 Å². The van der Waals surface area contributed by atoms with E-state index in [1.165, 1.54) is 0 Å². The number of rotatable bonds is 4. The van der Waals surface area contributed by atoms with E-state index >= 15 is 0 Å². The van der Waals surface area contributed by atoms with Gasteiger partial charge in [-0.1, -0.05) is 37.6 Å². The van der Waals surface area contributed by atoms with Gasteiger partial charge in [0.15, 0.2) is 10.9 Å². The largest absolute Gasteiger partial charge is 0.384 e. The molecule has 190 valence electrons. The standard InChI is InChI=1S/C29H25ClN6OS/c1-29(2)11-22-26(23(37)12-29)25(18(13-31)28(32)36(22)21-8-5-9-33-27(21)30)24-10-17(15-38-24)14-35-16-34-19-6-3-4-7-20(19)35/h3-10,15-16,25H,11-12,14,32H2,1-2H3/t25-/m1/s1. The number of benzene rings is 1. The number of fused-ring (bicyclic) bond motifs is 1. The second-order valence-corrected chi connectivity index (χ2v) is 11.8. The lowest BCUT2D eigenvalue weighted by Gasteiger charge is -2.43. The van der Waals surface area contributed by atoms with E-state index in [1.54, 1.807) is 28.5 Å². The molecule has 1 aliphatic heterocycles. The molecule has 0 bridgehead atoms. The highest BCUT2D eigenvalue weighted by atomic mass is 35.5. The molecule has 1 atom stereocenters. The van der Waals surface area contributed by atoms with Crippen molar-refractivity contribution in [1.82, 2.24) is 14.5 Å². The van der Waals surface area contributed by atoms with E-state index < -0.39 is 5.92 Å². The summed E-state index contributed by atoms with van der Waals surface area (Å²) in [5.41, 5.74) is 11.9. The molecule has 0 spiro atoms. The van der Waals surface area contributed by atoms with Gasteiger partial charge in [0.05, 0.1) is 40.6 Å². The minimum absolute atomic E-state index is 0.0297. The zero-order valence-corrected chi connectivity index (χ0v) is 22.6. The van der Waals surface area contributed by atoms with E-state index in [1.807, 2.05) is 36.7 Å². The second kappa shape index (κ2) is 9.12. The maximum Gasteiger partial charge on any atom is 0.162 e. The first kappa shape index (κ1) is 24.4. The summed E-state index contributed by atoms with van der Waals surface area (Å²) in [5.74, 6) is -0.210. The fourth-order valence-electron chi connectivity index (χ4n) is 5.57. The van der Waals surface area contributed by atoms with Crippen LogP contribution in [0.15, 0.2) is 83.0 Å². The van der Waals surface area contributed by atoms with Crippen molar-refractivity contribution in [1.29, 1.82) is 5.26 Å². The minimum Gasteiger partial charge on any atom is -0.384 e. The van der Waals surface area contributed by atoms with Crippen molar-refractivity contribution in [2.24, 2.45) is 11.1 Å².